The van der Waals surface area contributed by atoms with Crippen LogP contribution in [0.4, 0.5) is 0 Å². The number of piperidine rings is 1. The van der Waals surface area contributed by atoms with Crippen molar-refractivity contribution < 1.29 is 0 Å². The van der Waals surface area contributed by atoms with Crippen LogP contribution < -0.4 is 5.73 Å². The number of nitrogens with two attached hydrogens (primary N) is 1. The van der Waals surface area contributed by atoms with E-state index in [1.165, 1.54) is 18.4 Å². The molecule has 0 aliphatic carbocycles. The third-order valence-corrected chi connectivity index (χ3v) is 4.49. The normalized spacial score (nSPS) is 19.9. The summed E-state index contributed by atoms with van der Waals surface area (Å²) in [5.74, 6) is 2.30. The summed E-state index contributed by atoms with van der Waals surface area (Å²) in [4.78, 5) is 11.5. The fourth-order valence-electron chi connectivity index (χ4n) is 3.15. The highest BCUT2D eigenvalue weighted by molar-refractivity contribution is 5.79. The molecule has 118 valence electrons. The molecule has 1 atom stereocenters. The number of aromatic nitrogens is 2. The van der Waals surface area contributed by atoms with Gasteiger partial charge in [0.2, 0.25) is 0 Å². The molecule has 2 heterocycles. The molecule has 0 bridgehead atoms. The van der Waals surface area contributed by atoms with Gasteiger partial charge in [0.25, 0.3) is 0 Å². The number of imidazole rings is 1. The van der Waals surface area contributed by atoms with Crippen molar-refractivity contribution in [2.24, 2.45) is 23.7 Å². The molecule has 0 radical (unpaired) electrons. The van der Waals surface area contributed by atoms with Crippen LogP contribution >= 0.6 is 0 Å². The zero-order valence-electron chi connectivity index (χ0n) is 13.7. The van der Waals surface area contributed by atoms with E-state index in [1.54, 1.807) is 0 Å². The average Bonchev–Trinajstić information content (AvgIpc) is 2.80. The Morgan fingerprint density at radius 1 is 1.45 bits per heavy atom. The number of aliphatic imine (C=N–C) groups is 1. The van der Waals surface area contributed by atoms with Crippen LogP contribution in [0.25, 0.3) is 11.0 Å². The Morgan fingerprint density at radius 2 is 2.27 bits per heavy atom. The van der Waals surface area contributed by atoms with Crippen molar-refractivity contribution >= 4 is 17.0 Å². The van der Waals surface area contributed by atoms with E-state index in [0.717, 1.165) is 29.9 Å². The number of likely N-dealkylation sites (tertiary alicyclic amines) is 1. The van der Waals surface area contributed by atoms with Gasteiger partial charge in [0.15, 0.2) is 5.96 Å². The molecule has 0 amide bonds. The van der Waals surface area contributed by atoms with Crippen molar-refractivity contribution in [3.05, 3.63) is 29.6 Å². The van der Waals surface area contributed by atoms with E-state index in [0.29, 0.717) is 18.4 Å². The first kappa shape index (κ1) is 14.9. The zero-order valence-corrected chi connectivity index (χ0v) is 13.7. The Hall–Kier alpha value is -2.04. The van der Waals surface area contributed by atoms with Gasteiger partial charge in [-0.2, -0.15) is 0 Å². The second-order valence-electron chi connectivity index (χ2n) is 6.45. The second-order valence-corrected chi connectivity index (χ2v) is 6.45. The lowest BCUT2D eigenvalue weighted by atomic mass is 10.0. The lowest BCUT2D eigenvalue weighted by Gasteiger charge is -2.31. The fourth-order valence-corrected chi connectivity index (χ4v) is 3.15. The molecule has 1 saturated heterocycles. The summed E-state index contributed by atoms with van der Waals surface area (Å²) in [7, 11) is 2.04. The van der Waals surface area contributed by atoms with Gasteiger partial charge in [-0.25, -0.2) is 9.98 Å². The van der Waals surface area contributed by atoms with Crippen LogP contribution in [0.5, 0.6) is 0 Å². The van der Waals surface area contributed by atoms with E-state index < -0.39 is 0 Å². The lowest BCUT2D eigenvalue weighted by Crippen LogP contribution is -2.43. The molecular formula is C17H25N5. The number of benzene rings is 1. The first-order chi connectivity index (χ1) is 10.5. The molecule has 5 heteroatoms. The molecule has 3 rings (SSSR count). The summed E-state index contributed by atoms with van der Waals surface area (Å²) < 4.78 is 2.10. The van der Waals surface area contributed by atoms with Crippen LogP contribution in [-0.2, 0) is 13.6 Å². The number of fused-ring (bicyclic) bond motifs is 1. The van der Waals surface area contributed by atoms with Gasteiger partial charge in [0.1, 0.15) is 12.4 Å². The maximum Gasteiger partial charge on any atom is 0.191 e. The SMILES string of the molecule is Cc1ccc2c(c1)nc(CN=C(N)N1CCCC(C)C1)n2C. The highest BCUT2D eigenvalue weighted by Crippen LogP contribution is 2.18. The van der Waals surface area contributed by atoms with Gasteiger partial charge in [-0.05, 0) is 43.4 Å². The van der Waals surface area contributed by atoms with E-state index in [2.05, 4.69) is 51.5 Å². The van der Waals surface area contributed by atoms with Crippen LogP contribution in [-0.4, -0.2) is 33.5 Å². The van der Waals surface area contributed by atoms with Gasteiger partial charge in [-0.1, -0.05) is 13.0 Å². The summed E-state index contributed by atoms with van der Waals surface area (Å²) in [6.45, 7) is 6.91. The molecule has 0 saturated carbocycles. The maximum absolute atomic E-state index is 6.17. The van der Waals surface area contributed by atoms with Crippen molar-refractivity contribution in [1.82, 2.24) is 14.5 Å². The van der Waals surface area contributed by atoms with Crippen LogP contribution in [0, 0.1) is 12.8 Å². The van der Waals surface area contributed by atoms with E-state index >= 15 is 0 Å². The zero-order chi connectivity index (χ0) is 15.7. The van der Waals surface area contributed by atoms with Crippen molar-refractivity contribution in [2.75, 3.05) is 13.1 Å². The molecule has 5 nitrogen and oxygen atoms in total. The number of hydrogen-bond donors (Lipinski definition) is 1. The molecule has 22 heavy (non-hydrogen) atoms. The Balaban J connectivity index is 1.78. The molecule has 0 spiro atoms. The summed E-state index contributed by atoms with van der Waals surface area (Å²) in [6, 6.07) is 6.33. The minimum Gasteiger partial charge on any atom is -0.370 e. The third kappa shape index (κ3) is 2.93. The quantitative estimate of drug-likeness (QED) is 0.684. The highest BCUT2D eigenvalue weighted by atomic mass is 15.3. The van der Waals surface area contributed by atoms with Gasteiger partial charge in [0, 0.05) is 20.1 Å². The van der Waals surface area contributed by atoms with Crippen LogP contribution in [0.1, 0.15) is 31.2 Å². The molecule has 1 aromatic carbocycles. The average molecular weight is 299 g/mol. The van der Waals surface area contributed by atoms with Gasteiger partial charge in [-0.3, -0.25) is 0 Å². The molecule has 2 N–H and O–H groups in total. The van der Waals surface area contributed by atoms with Gasteiger partial charge in [0.05, 0.1) is 11.0 Å². The van der Waals surface area contributed by atoms with Crippen molar-refractivity contribution in [2.45, 2.75) is 33.2 Å². The topological polar surface area (TPSA) is 59.4 Å². The van der Waals surface area contributed by atoms with Gasteiger partial charge < -0.3 is 15.2 Å². The number of aryl methyl sites for hydroxylation is 2. The van der Waals surface area contributed by atoms with Crippen LogP contribution in [0.3, 0.4) is 0 Å². The number of nitrogens with zero attached hydrogens (tertiary/aromatic N) is 4. The fraction of sp³-hybridized carbons (Fsp3) is 0.529. The molecule has 1 aliphatic heterocycles. The molecule has 1 aliphatic rings. The molecule has 1 aromatic heterocycles. The highest BCUT2D eigenvalue weighted by Gasteiger charge is 2.17. The Morgan fingerprint density at radius 3 is 3.05 bits per heavy atom. The first-order valence-corrected chi connectivity index (χ1v) is 8.01. The Kier molecular flexibility index (Phi) is 4.05. The Labute approximate surface area is 131 Å². The van der Waals surface area contributed by atoms with Crippen molar-refractivity contribution in [1.29, 1.82) is 0 Å². The first-order valence-electron chi connectivity index (χ1n) is 8.01. The molecular weight excluding hydrogens is 274 g/mol. The van der Waals surface area contributed by atoms with Gasteiger partial charge >= 0.3 is 0 Å². The van der Waals surface area contributed by atoms with E-state index in [9.17, 15) is 0 Å². The lowest BCUT2D eigenvalue weighted by molar-refractivity contribution is 0.270. The van der Waals surface area contributed by atoms with Gasteiger partial charge in [-0.15, -0.1) is 0 Å². The van der Waals surface area contributed by atoms with Crippen LogP contribution in [0.15, 0.2) is 23.2 Å². The van der Waals surface area contributed by atoms with Crippen molar-refractivity contribution in [3.8, 4) is 0 Å². The molecule has 1 unspecified atom stereocenters. The smallest absolute Gasteiger partial charge is 0.191 e. The predicted molar refractivity (Wildman–Crippen MR) is 90.7 cm³/mol. The number of guanidine groups is 1. The number of rotatable bonds is 2. The summed E-state index contributed by atoms with van der Waals surface area (Å²) >= 11 is 0. The minimum atomic E-state index is 0.529. The monoisotopic (exact) mass is 299 g/mol. The van der Waals surface area contributed by atoms with Crippen molar-refractivity contribution in [3.63, 3.8) is 0 Å². The second kappa shape index (κ2) is 5.99. The van der Waals surface area contributed by atoms with E-state index in [-0.39, 0.29) is 0 Å². The van der Waals surface area contributed by atoms with E-state index in [1.807, 2.05) is 7.05 Å². The summed E-state index contributed by atoms with van der Waals surface area (Å²) in [5, 5.41) is 0. The third-order valence-electron chi connectivity index (χ3n) is 4.49. The number of hydrogen-bond acceptors (Lipinski definition) is 2. The summed E-state index contributed by atoms with van der Waals surface area (Å²) in [6.07, 6.45) is 2.48. The van der Waals surface area contributed by atoms with E-state index in [4.69, 9.17) is 5.73 Å². The standard InChI is InChI=1S/C17H25N5/c1-12-6-7-15-14(9-12)20-16(21(15)3)10-19-17(18)22-8-4-5-13(2)11-22/h6-7,9,13H,4-5,8,10-11H2,1-3H3,(H2,18,19). The minimum absolute atomic E-state index is 0.529. The molecule has 1 fully saturated rings. The summed E-state index contributed by atoms with van der Waals surface area (Å²) in [5.41, 5.74) is 9.56. The maximum atomic E-state index is 6.17. The Bertz CT molecular complexity index is 700. The van der Waals surface area contributed by atoms with Crippen LogP contribution in [0.2, 0.25) is 0 Å². The predicted octanol–water partition coefficient (Wildman–Crippen LogP) is 2.43. The largest absolute Gasteiger partial charge is 0.370 e. The molecule has 2 aromatic rings.